The molecule has 0 fully saturated rings. The molecular weight excluding hydrogens is 276 g/mol. The van der Waals surface area contributed by atoms with Gasteiger partial charge < -0.3 is 11.5 Å². The van der Waals surface area contributed by atoms with Gasteiger partial charge in [-0.15, -0.1) is 0 Å². The number of rotatable bonds is 5. The quantitative estimate of drug-likeness (QED) is 0.882. The Kier molecular flexibility index (Phi) is 4.42. The Morgan fingerprint density at radius 3 is 2.85 bits per heavy atom. The van der Waals surface area contributed by atoms with E-state index in [0.29, 0.717) is 10.6 Å². The molecule has 5 nitrogen and oxygen atoms in total. The molecule has 0 aliphatic carbocycles. The Morgan fingerprint density at radius 1 is 1.50 bits per heavy atom. The Morgan fingerprint density at radius 2 is 2.25 bits per heavy atom. The molecule has 1 heterocycles. The maximum atomic E-state index is 11.1. The van der Waals surface area contributed by atoms with E-state index in [0.717, 1.165) is 24.1 Å². The molecule has 20 heavy (non-hydrogen) atoms. The van der Waals surface area contributed by atoms with Gasteiger partial charge in [0.25, 0.3) is 5.91 Å². The fraction of sp³-hybridized carbons (Fsp3) is 0.286. The van der Waals surface area contributed by atoms with Crippen LogP contribution in [0, 0.1) is 0 Å². The Bertz CT molecular complexity index is 623. The lowest BCUT2D eigenvalue weighted by Crippen LogP contribution is -2.22. The van der Waals surface area contributed by atoms with Crippen LogP contribution in [0.15, 0.2) is 30.6 Å². The maximum absolute atomic E-state index is 11.1. The lowest BCUT2D eigenvalue weighted by atomic mass is 10.0. The van der Waals surface area contributed by atoms with E-state index in [1.807, 2.05) is 19.1 Å². The van der Waals surface area contributed by atoms with Crippen LogP contribution < -0.4 is 11.5 Å². The highest BCUT2D eigenvalue weighted by Crippen LogP contribution is 2.21. The first-order valence-electron chi connectivity index (χ1n) is 6.40. The lowest BCUT2D eigenvalue weighted by molar-refractivity contribution is 0.100. The standard InChI is InChI=1S/C14H17ClN4O/c1-2-12(16)5-9-3-4-11(15)6-13(9)19-8-10(7-18-19)14(17)20/h3-4,6-8,12H,2,5,16H2,1H3,(H2,17,20). The third-order valence-electron chi connectivity index (χ3n) is 3.17. The van der Waals surface area contributed by atoms with Crippen LogP contribution in [0.2, 0.25) is 5.02 Å². The summed E-state index contributed by atoms with van der Waals surface area (Å²) in [6.45, 7) is 2.04. The SMILES string of the molecule is CCC(N)Cc1ccc(Cl)cc1-n1cc(C(N)=O)cn1. The van der Waals surface area contributed by atoms with Gasteiger partial charge >= 0.3 is 0 Å². The normalized spacial score (nSPS) is 12.3. The molecule has 1 aromatic carbocycles. The Balaban J connectivity index is 2.42. The zero-order valence-electron chi connectivity index (χ0n) is 11.2. The topological polar surface area (TPSA) is 86.9 Å². The number of benzene rings is 1. The van der Waals surface area contributed by atoms with E-state index in [1.54, 1.807) is 16.9 Å². The van der Waals surface area contributed by atoms with Crippen molar-refractivity contribution in [3.63, 3.8) is 0 Å². The highest BCUT2D eigenvalue weighted by Gasteiger charge is 2.12. The van der Waals surface area contributed by atoms with Crippen molar-refractivity contribution >= 4 is 17.5 Å². The van der Waals surface area contributed by atoms with Crippen LogP contribution in [0.5, 0.6) is 0 Å². The van der Waals surface area contributed by atoms with Crippen molar-refractivity contribution in [1.29, 1.82) is 0 Å². The van der Waals surface area contributed by atoms with Crippen molar-refractivity contribution in [2.24, 2.45) is 11.5 Å². The van der Waals surface area contributed by atoms with E-state index < -0.39 is 5.91 Å². The number of hydrogen-bond donors (Lipinski definition) is 2. The average Bonchev–Trinajstić information content (AvgIpc) is 2.90. The number of nitrogens with two attached hydrogens (primary N) is 2. The van der Waals surface area contributed by atoms with Crippen molar-refractivity contribution < 1.29 is 4.79 Å². The van der Waals surface area contributed by atoms with E-state index in [4.69, 9.17) is 23.1 Å². The van der Waals surface area contributed by atoms with Gasteiger partial charge in [0.15, 0.2) is 0 Å². The summed E-state index contributed by atoms with van der Waals surface area (Å²) in [6, 6.07) is 5.62. The van der Waals surface area contributed by atoms with Crippen LogP contribution in [-0.4, -0.2) is 21.7 Å². The maximum Gasteiger partial charge on any atom is 0.251 e. The van der Waals surface area contributed by atoms with Crippen LogP contribution in [-0.2, 0) is 6.42 Å². The summed E-state index contributed by atoms with van der Waals surface area (Å²) in [6.07, 6.45) is 4.63. The summed E-state index contributed by atoms with van der Waals surface area (Å²) < 4.78 is 1.60. The molecule has 0 bridgehead atoms. The van der Waals surface area contributed by atoms with Gasteiger partial charge in [0.1, 0.15) is 0 Å². The number of hydrogen-bond acceptors (Lipinski definition) is 3. The number of amides is 1. The second kappa shape index (κ2) is 6.07. The van der Waals surface area contributed by atoms with Gasteiger partial charge in [-0.2, -0.15) is 5.10 Å². The van der Waals surface area contributed by atoms with E-state index in [1.165, 1.54) is 6.20 Å². The molecule has 1 amide bonds. The Hall–Kier alpha value is -1.85. The highest BCUT2D eigenvalue weighted by atomic mass is 35.5. The molecule has 2 rings (SSSR count). The minimum absolute atomic E-state index is 0.0705. The first-order valence-corrected chi connectivity index (χ1v) is 6.78. The summed E-state index contributed by atoms with van der Waals surface area (Å²) in [4.78, 5) is 11.1. The number of carbonyl (C=O) groups is 1. The largest absolute Gasteiger partial charge is 0.366 e. The smallest absolute Gasteiger partial charge is 0.251 e. The molecule has 1 aromatic heterocycles. The summed E-state index contributed by atoms with van der Waals surface area (Å²) in [7, 11) is 0. The van der Waals surface area contributed by atoms with Gasteiger partial charge in [0.05, 0.1) is 17.4 Å². The van der Waals surface area contributed by atoms with Crippen LogP contribution in [0.1, 0.15) is 29.3 Å². The average molecular weight is 293 g/mol. The first kappa shape index (κ1) is 14.6. The second-order valence-electron chi connectivity index (χ2n) is 4.68. The molecule has 1 unspecified atom stereocenters. The molecule has 0 radical (unpaired) electrons. The minimum Gasteiger partial charge on any atom is -0.366 e. The molecule has 0 saturated carbocycles. The van der Waals surface area contributed by atoms with Gasteiger partial charge in [0.2, 0.25) is 0 Å². The molecule has 6 heteroatoms. The fourth-order valence-corrected chi connectivity index (χ4v) is 2.10. The number of halogens is 1. The highest BCUT2D eigenvalue weighted by molar-refractivity contribution is 6.30. The zero-order chi connectivity index (χ0) is 14.7. The van der Waals surface area contributed by atoms with E-state index >= 15 is 0 Å². The third-order valence-corrected chi connectivity index (χ3v) is 3.40. The third kappa shape index (κ3) is 3.18. The Labute approximate surface area is 122 Å². The van der Waals surface area contributed by atoms with Crippen LogP contribution in [0.25, 0.3) is 5.69 Å². The van der Waals surface area contributed by atoms with E-state index in [9.17, 15) is 4.79 Å². The van der Waals surface area contributed by atoms with Gasteiger partial charge in [-0.05, 0) is 30.5 Å². The number of primary amides is 1. The molecule has 0 saturated heterocycles. The predicted octanol–water partition coefficient (Wildman–Crippen LogP) is 1.90. The van der Waals surface area contributed by atoms with Crippen LogP contribution in [0.3, 0.4) is 0 Å². The van der Waals surface area contributed by atoms with Crippen LogP contribution >= 0.6 is 11.6 Å². The number of aromatic nitrogens is 2. The predicted molar refractivity (Wildman–Crippen MR) is 79.1 cm³/mol. The molecule has 4 N–H and O–H groups in total. The molecule has 106 valence electrons. The van der Waals surface area contributed by atoms with Gasteiger partial charge in [-0.25, -0.2) is 4.68 Å². The summed E-state index contributed by atoms with van der Waals surface area (Å²) >= 11 is 6.04. The van der Waals surface area contributed by atoms with Crippen LogP contribution in [0.4, 0.5) is 0 Å². The van der Waals surface area contributed by atoms with Gasteiger partial charge in [0, 0.05) is 17.3 Å². The second-order valence-corrected chi connectivity index (χ2v) is 5.12. The summed E-state index contributed by atoms with van der Waals surface area (Å²) in [5.74, 6) is -0.509. The van der Waals surface area contributed by atoms with Crippen molar-refractivity contribution in [3.05, 3.63) is 46.7 Å². The molecule has 0 spiro atoms. The number of carbonyl (C=O) groups excluding carboxylic acids is 1. The zero-order valence-corrected chi connectivity index (χ0v) is 12.0. The number of nitrogens with zero attached hydrogens (tertiary/aromatic N) is 2. The molecule has 0 aliphatic heterocycles. The van der Waals surface area contributed by atoms with E-state index in [-0.39, 0.29) is 6.04 Å². The minimum atomic E-state index is -0.509. The first-order chi connectivity index (χ1) is 9.51. The summed E-state index contributed by atoms with van der Waals surface area (Å²) in [5, 5.41) is 4.76. The van der Waals surface area contributed by atoms with Crippen molar-refractivity contribution in [1.82, 2.24) is 9.78 Å². The van der Waals surface area contributed by atoms with Crippen molar-refractivity contribution in [2.45, 2.75) is 25.8 Å². The van der Waals surface area contributed by atoms with E-state index in [2.05, 4.69) is 5.10 Å². The van der Waals surface area contributed by atoms with Gasteiger partial charge in [-0.1, -0.05) is 24.6 Å². The molecule has 2 aromatic rings. The molecule has 0 aliphatic rings. The molecule has 1 atom stereocenters. The molecular formula is C14H17ClN4O. The van der Waals surface area contributed by atoms with Crippen molar-refractivity contribution in [3.8, 4) is 5.69 Å². The lowest BCUT2D eigenvalue weighted by Gasteiger charge is -2.13. The fourth-order valence-electron chi connectivity index (χ4n) is 1.93. The summed E-state index contributed by atoms with van der Waals surface area (Å²) in [5.41, 5.74) is 13.4. The van der Waals surface area contributed by atoms with Crippen molar-refractivity contribution in [2.75, 3.05) is 0 Å². The monoisotopic (exact) mass is 292 g/mol. The van der Waals surface area contributed by atoms with Gasteiger partial charge in [-0.3, -0.25) is 4.79 Å².